The molecule has 0 saturated carbocycles. The molecule has 0 atom stereocenters. The molecule has 0 fully saturated rings. The van der Waals surface area contributed by atoms with Gasteiger partial charge in [-0.2, -0.15) is 0 Å². The van der Waals surface area contributed by atoms with Gasteiger partial charge in [-0.15, -0.1) is 11.3 Å². The number of hydrogen-bond acceptors (Lipinski definition) is 3. The lowest BCUT2D eigenvalue weighted by molar-refractivity contribution is 0.644. The molecule has 1 N–H and O–H groups in total. The van der Waals surface area contributed by atoms with Crippen molar-refractivity contribution < 1.29 is 0 Å². The van der Waals surface area contributed by atoms with Crippen molar-refractivity contribution in [1.82, 2.24) is 10.3 Å². The normalized spacial score (nSPS) is 14.4. The van der Waals surface area contributed by atoms with Crippen LogP contribution in [0.15, 0.2) is 36.4 Å². The summed E-state index contributed by atoms with van der Waals surface area (Å²) in [6, 6.07) is 12.6. The van der Waals surface area contributed by atoms with E-state index in [2.05, 4.69) is 23.5 Å². The molecule has 4 rings (SSSR count). The Hall–Kier alpha value is -1.42. The van der Waals surface area contributed by atoms with Gasteiger partial charge in [0.15, 0.2) is 0 Å². The van der Waals surface area contributed by atoms with Crippen LogP contribution in [0, 0.1) is 0 Å². The van der Waals surface area contributed by atoms with Gasteiger partial charge in [-0.1, -0.05) is 23.7 Å². The second-order valence-corrected chi connectivity index (χ2v) is 6.51. The second-order valence-electron chi connectivity index (χ2n) is 5.04. The number of benzene rings is 2. The minimum absolute atomic E-state index is 0.766. The van der Waals surface area contributed by atoms with Crippen LogP contribution in [0.2, 0.25) is 5.02 Å². The number of nitrogens with zero attached hydrogens (tertiary/aromatic N) is 1. The Morgan fingerprint density at radius 2 is 2.05 bits per heavy atom. The molecule has 2 heterocycles. The lowest BCUT2D eigenvalue weighted by atomic mass is 9.99. The van der Waals surface area contributed by atoms with Gasteiger partial charge in [-0.05, 0) is 48.4 Å². The summed E-state index contributed by atoms with van der Waals surface area (Å²) in [5.41, 5.74) is 5.07. The van der Waals surface area contributed by atoms with Gasteiger partial charge >= 0.3 is 0 Å². The first-order valence-corrected chi connectivity index (χ1v) is 7.88. The predicted molar refractivity (Wildman–Crippen MR) is 85.5 cm³/mol. The molecule has 0 aliphatic carbocycles. The number of rotatable bonds is 1. The van der Waals surface area contributed by atoms with Crippen LogP contribution in [-0.2, 0) is 13.0 Å². The summed E-state index contributed by atoms with van der Waals surface area (Å²) in [4.78, 5) is 4.71. The van der Waals surface area contributed by atoms with Gasteiger partial charge in [0, 0.05) is 17.1 Å². The average Bonchev–Trinajstić information content (AvgIpc) is 2.89. The predicted octanol–water partition coefficient (Wildman–Crippen LogP) is 4.26. The summed E-state index contributed by atoms with van der Waals surface area (Å²) in [5, 5.41) is 5.25. The minimum atomic E-state index is 0.766. The maximum absolute atomic E-state index is 6.04. The molecule has 1 aliphatic rings. The molecular formula is C16H13ClN2S. The van der Waals surface area contributed by atoms with Crippen molar-refractivity contribution in [3.8, 4) is 10.6 Å². The fourth-order valence-electron chi connectivity index (χ4n) is 2.64. The van der Waals surface area contributed by atoms with E-state index < -0.39 is 0 Å². The topological polar surface area (TPSA) is 24.9 Å². The third kappa shape index (κ3) is 2.12. The van der Waals surface area contributed by atoms with Gasteiger partial charge in [0.1, 0.15) is 5.01 Å². The summed E-state index contributed by atoms with van der Waals surface area (Å²) >= 11 is 7.74. The Morgan fingerprint density at radius 1 is 1.10 bits per heavy atom. The number of fused-ring (bicyclic) bond motifs is 2. The van der Waals surface area contributed by atoms with Gasteiger partial charge in [-0.3, -0.25) is 0 Å². The van der Waals surface area contributed by atoms with Crippen molar-refractivity contribution >= 4 is 33.2 Å². The smallest absolute Gasteiger partial charge is 0.124 e. The molecular weight excluding hydrogens is 288 g/mol. The quantitative estimate of drug-likeness (QED) is 0.726. The maximum Gasteiger partial charge on any atom is 0.124 e. The maximum atomic E-state index is 6.04. The molecule has 0 radical (unpaired) electrons. The highest BCUT2D eigenvalue weighted by molar-refractivity contribution is 7.21. The van der Waals surface area contributed by atoms with E-state index in [1.165, 1.54) is 16.7 Å². The van der Waals surface area contributed by atoms with E-state index in [1.54, 1.807) is 11.3 Å². The van der Waals surface area contributed by atoms with Gasteiger partial charge in [0.25, 0.3) is 0 Å². The van der Waals surface area contributed by atoms with E-state index in [9.17, 15) is 0 Å². The lowest BCUT2D eigenvalue weighted by Gasteiger charge is -2.17. The molecule has 100 valence electrons. The Balaban J connectivity index is 1.82. The van der Waals surface area contributed by atoms with Crippen molar-refractivity contribution in [1.29, 1.82) is 0 Å². The monoisotopic (exact) mass is 300 g/mol. The molecule has 0 unspecified atom stereocenters. The largest absolute Gasteiger partial charge is 0.312 e. The zero-order valence-electron chi connectivity index (χ0n) is 10.8. The van der Waals surface area contributed by atoms with Crippen LogP contribution >= 0.6 is 22.9 Å². The zero-order chi connectivity index (χ0) is 13.5. The number of hydrogen-bond donors (Lipinski definition) is 1. The standard InChI is InChI=1S/C16H13ClN2S/c17-13-3-4-14-15(8-13)20-16(19-14)11-2-1-10-5-6-18-9-12(10)7-11/h1-4,7-8,18H,5-6,9H2. The van der Waals surface area contributed by atoms with Crippen molar-refractivity contribution in [2.45, 2.75) is 13.0 Å². The first-order valence-electron chi connectivity index (χ1n) is 6.68. The molecule has 2 nitrogen and oxygen atoms in total. The number of nitrogens with one attached hydrogen (secondary N) is 1. The highest BCUT2D eigenvalue weighted by atomic mass is 35.5. The molecule has 4 heteroatoms. The average molecular weight is 301 g/mol. The highest BCUT2D eigenvalue weighted by Gasteiger charge is 2.12. The number of thiazole rings is 1. The third-order valence-electron chi connectivity index (χ3n) is 3.69. The number of halogens is 1. The summed E-state index contributed by atoms with van der Waals surface area (Å²) in [6.45, 7) is 2.03. The fraction of sp³-hybridized carbons (Fsp3) is 0.188. The van der Waals surface area contributed by atoms with Crippen LogP contribution in [0.5, 0.6) is 0 Å². The number of aromatic nitrogens is 1. The Labute approximate surface area is 126 Å². The van der Waals surface area contributed by atoms with Crippen LogP contribution in [0.3, 0.4) is 0 Å². The fourth-order valence-corrected chi connectivity index (χ4v) is 3.87. The highest BCUT2D eigenvalue weighted by Crippen LogP contribution is 2.33. The molecule has 1 aromatic heterocycles. The SMILES string of the molecule is Clc1ccc2nc(-c3ccc4c(c3)CNCC4)sc2c1. The van der Waals surface area contributed by atoms with E-state index in [-0.39, 0.29) is 0 Å². The van der Waals surface area contributed by atoms with Crippen LogP contribution in [0.4, 0.5) is 0 Å². The first kappa shape index (κ1) is 12.3. The molecule has 2 aromatic carbocycles. The molecule has 0 spiro atoms. The molecule has 0 bridgehead atoms. The van der Waals surface area contributed by atoms with Crippen LogP contribution in [0.25, 0.3) is 20.8 Å². The molecule has 20 heavy (non-hydrogen) atoms. The Bertz CT molecular complexity index is 794. The zero-order valence-corrected chi connectivity index (χ0v) is 12.4. The summed E-state index contributed by atoms with van der Waals surface area (Å²) < 4.78 is 1.14. The molecule has 1 aliphatic heterocycles. The van der Waals surface area contributed by atoms with E-state index >= 15 is 0 Å². The van der Waals surface area contributed by atoms with Gasteiger partial charge in [-0.25, -0.2) is 4.98 Å². The molecule has 3 aromatic rings. The summed E-state index contributed by atoms with van der Waals surface area (Å²) in [6.07, 6.45) is 1.12. The second kappa shape index (κ2) is 4.85. The summed E-state index contributed by atoms with van der Waals surface area (Å²) in [5.74, 6) is 0. The molecule has 0 amide bonds. The van der Waals surface area contributed by atoms with Crippen LogP contribution < -0.4 is 5.32 Å². The van der Waals surface area contributed by atoms with Crippen molar-refractivity contribution in [3.63, 3.8) is 0 Å². The van der Waals surface area contributed by atoms with Crippen molar-refractivity contribution in [3.05, 3.63) is 52.5 Å². The van der Waals surface area contributed by atoms with Crippen molar-refractivity contribution in [2.75, 3.05) is 6.54 Å². The van der Waals surface area contributed by atoms with Crippen molar-refractivity contribution in [2.24, 2.45) is 0 Å². The molecule has 0 saturated heterocycles. The van der Waals surface area contributed by atoms with Gasteiger partial charge in [0.2, 0.25) is 0 Å². The van der Waals surface area contributed by atoms with Gasteiger partial charge in [0.05, 0.1) is 10.2 Å². The third-order valence-corrected chi connectivity index (χ3v) is 4.99. The van der Waals surface area contributed by atoms with E-state index in [1.807, 2.05) is 18.2 Å². The van der Waals surface area contributed by atoms with E-state index in [0.29, 0.717) is 0 Å². The first-order chi connectivity index (χ1) is 9.79. The van der Waals surface area contributed by atoms with Crippen LogP contribution in [0.1, 0.15) is 11.1 Å². The van der Waals surface area contributed by atoms with Crippen LogP contribution in [-0.4, -0.2) is 11.5 Å². The Morgan fingerprint density at radius 3 is 3.00 bits per heavy atom. The Kier molecular flexibility index (Phi) is 2.99. The van der Waals surface area contributed by atoms with E-state index in [4.69, 9.17) is 16.6 Å². The van der Waals surface area contributed by atoms with E-state index in [0.717, 1.165) is 39.8 Å². The van der Waals surface area contributed by atoms with Gasteiger partial charge < -0.3 is 5.32 Å². The minimum Gasteiger partial charge on any atom is -0.312 e. The summed E-state index contributed by atoms with van der Waals surface area (Å²) in [7, 11) is 0. The lowest BCUT2D eigenvalue weighted by Crippen LogP contribution is -2.23.